The van der Waals surface area contributed by atoms with E-state index < -0.39 is 37.0 Å². The minimum atomic E-state index is -4.74. The molecule has 0 radical (unpaired) electrons. The Bertz CT molecular complexity index is 1770. The van der Waals surface area contributed by atoms with Gasteiger partial charge in [-0.1, -0.05) is 84.9 Å². The molecule has 248 valence electrons. The zero-order valence-electron chi connectivity index (χ0n) is 26.8. The van der Waals surface area contributed by atoms with Gasteiger partial charge >= 0.3 is 13.8 Å². The van der Waals surface area contributed by atoms with Crippen LogP contribution in [0.15, 0.2) is 97.1 Å². The van der Waals surface area contributed by atoms with E-state index in [1.807, 2.05) is 72.8 Å². The van der Waals surface area contributed by atoms with Crippen LogP contribution in [-0.4, -0.2) is 55.6 Å². The van der Waals surface area contributed by atoms with E-state index in [2.05, 4.69) is 15.2 Å². The summed E-state index contributed by atoms with van der Waals surface area (Å²) >= 11 is 0. The number of phosphoric ester groups is 1. The van der Waals surface area contributed by atoms with Crippen molar-refractivity contribution in [2.45, 2.75) is 70.1 Å². The lowest BCUT2D eigenvalue weighted by Gasteiger charge is -2.36. The van der Waals surface area contributed by atoms with E-state index in [1.165, 1.54) is 24.3 Å². The lowest BCUT2D eigenvalue weighted by Crippen LogP contribution is -2.63. The summed E-state index contributed by atoms with van der Waals surface area (Å²) in [6.45, 7) is 6.74. The van der Waals surface area contributed by atoms with Crippen LogP contribution in [0.1, 0.15) is 44.4 Å². The Morgan fingerprint density at radius 2 is 1.23 bits per heavy atom. The monoisotopic (exact) mass is 660 g/mol. The number of fused-ring (bicyclic) bond motifs is 1. The molecule has 47 heavy (non-hydrogen) atoms. The zero-order chi connectivity index (χ0) is 34.4. The van der Waals surface area contributed by atoms with Gasteiger partial charge < -0.3 is 9.63 Å². The molecule has 0 aliphatic rings. The van der Waals surface area contributed by atoms with Gasteiger partial charge in [-0.15, -0.1) is 0 Å². The number of nitrogens with one attached hydrogen (secondary N) is 2. The summed E-state index contributed by atoms with van der Waals surface area (Å²) in [7, 11) is -4.74. The smallest absolute Gasteiger partial charge is 0.480 e. The Balaban J connectivity index is 1.52. The second-order valence-electron chi connectivity index (χ2n) is 12.7. The summed E-state index contributed by atoms with van der Waals surface area (Å²) in [6.07, 6.45) is 0.419. The van der Waals surface area contributed by atoms with Crippen molar-refractivity contribution < 1.29 is 38.4 Å². The Hall–Kier alpha value is -4.18. The maximum Gasteiger partial charge on any atom is 0.524 e. The average molecular weight is 661 g/mol. The highest BCUT2D eigenvalue weighted by molar-refractivity contribution is 7.46. The molecule has 0 saturated heterocycles. The molecule has 0 saturated carbocycles. The number of aliphatic carboxylic acids is 1. The van der Waals surface area contributed by atoms with Gasteiger partial charge in [0.2, 0.25) is 0 Å². The molecule has 0 aliphatic carbocycles. The van der Waals surface area contributed by atoms with E-state index >= 15 is 0 Å². The van der Waals surface area contributed by atoms with Crippen LogP contribution in [0.2, 0.25) is 0 Å². The minimum Gasteiger partial charge on any atom is -0.480 e. The van der Waals surface area contributed by atoms with Crippen molar-refractivity contribution in [2.24, 2.45) is 0 Å². The van der Waals surface area contributed by atoms with Crippen LogP contribution in [0.3, 0.4) is 0 Å². The van der Waals surface area contributed by atoms with Gasteiger partial charge in [-0.25, -0.2) is 4.57 Å². The van der Waals surface area contributed by atoms with Gasteiger partial charge in [-0.05, 0) is 80.1 Å². The molecule has 0 aliphatic heterocycles. The van der Waals surface area contributed by atoms with E-state index in [1.54, 1.807) is 27.7 Å². The number of rotatable bonds is 16. The van der Waals surface area contributed by atoms with Gasteiger partial charge in [0.15, 0.2) is 11.6 Å². The maximum absolute atomic E-state index is 14.2. The number of hydrogen-bond acceptors (Lipinski definition) is 7. The average Bonchev–Trinajstić information content (AvgIpc) is 3.00. The number of carbonyl (C=O) groups is 3. The highest BCUT2D eigenvalue weighted by Crippen LogP contribution is 2.37. The first-order valence-corrected chi connectivity index (χ1v) is 16.8. The fourth-order valence-electron chi connectivity index (χ4n) is 5.53. The molecule has 0 amide bonds. The Morgan fingerprint density at radius 1 is 0.702 bits per heavy atom. The Kier molecular flexibility index (Phi) is 11.2. The molecule has 10 nitrogen and oxygen atoms in total. The summed E-state index contributed by atoms with van der Waals surface area (Å²) in [5, 5.41) is 18.5. The van der Waals surface area contributed by atoms with Crippen LogP contribution < -0.4 is 15.2 Å². The Morgan fingerprint density at radius 3 is 1.85 bits per heavy atom. The number of carboxylic acid groups (broad SMARTS) is 1. The molecule has 2 unspecified atom stereocenters. The van der Waals surface area contributed by atoms with Gasteiger partial charge in [0.05, 0.1) is 17.1 Å². The highest BCUT2D eigenvalue weighted by atomic mass is 31.2. The molecule has 0 spiro atoms. The van der Waals surface area contributed by atoms with Crippen LogP contribution in [0, 0.1) is 0 Å². The topological polar surface area (TPSA) is 162 Å². The largest absolute Gasteiger partial charge is 0.524 e. The SMILES string of the molecule is CC(C)(NC(Cc1ccccc1)C(=O)C(C)(C)NC(Cc1ccc(OP(=O)(O)O)cc1)C(=O)O)C(=O)Cc1ccc2ccccc2c1. The first-order valence-electron chi connectivity index (χ1n) is 15.2. The number of phosphoric acid groups is 1. The first-order chi connectivity index (χ1) is 22.0. The third-order valence-electron chi connectivity index (χ3n) is 8.05. The third kappa shape index (κ3) is 10.2. The minimum absolute atomic E-state index is 0.0191. The molecular formula is C36H41N2O8P. The van der Waals surface area contributed by atoms with Crippen molar-refractivity contribution in [3.8, 4) is 5.75 Å². The summed E-state index contributed by atoms with van der Waals surface area (Å²) in [6, 6.07) is 26.9. The van der Waals surface area contributed by atoms with Crippen molar-refractivity contribution in [3.05, 3.63) is 114 Å². The molecular weight excluding hydrogens is 619 g/mol. The first kappa shape index (κ1) is 35.7. The van der Waals surface area contributed by atoms with Gasteiger partial charge in [-0.3, -0.25) is 34.8 Å². The molecule has 0 aromatic heterocycles. The number of benzene rings is 4. The molecule has 2 atom stereocenters. The Labute approximate surface area is 274 Å². The predicted molar refractivity (Wildman–Crippen MR) is 180 cm³/mol. The lowest BCUT2D eigenvalue weighted by molar-refractivity contribution is -0.140. The maximum atomic E-state index is 14.2. The van der Waals surface area contributed by atoms with E-state index in [0.717, 1.165) is 21.9 Å². The number of ketones is 2. The van der Waals surface area contributed by atoms with E-state index in [-0.39, 0.29) is 36.6 Å². The molecule has 0 heterocycles. The van der Waals surface area contributed by atoms with Gasteiger partial charge in [0.25, 0.3) is 0 Å². The summed E-state index contributed by atoms with van der Waals surface area (Å²) in [5.41, 5.74) is -0.150. The van der Waals surface area contributed by atoms with E-state index in [0.29, 0.717) is 5.56 Å². The zero-order valence-corrected chi connectivity index (χ0v) is 27.7. The predicted octanol–water partition coefficient (Wildman–Crippen LogP) is 5.04. The van der Waals surface area contributed by atoms with Crippen molar-refractivity contribution >= 4 is 36.1 Å². The lowest BCUT2D eigenvalue weighted by atomic mass is 9.85. The van der Waals surface area contributed by atoms with Crippen LogP contribution in [0.25, 0.3) is 10.8 Å². The molecule has 4 aromatic rings. The number of Topliss-reactive ketones (excluding diaryl/α,β-unsaturated/α-hetero) is 2. The van der Waals surface area contributed by atoms with Gasteiger partial charge in [0, 0.05) is 6.42 Å². The van der Waals surface area contributed by atoms with Crippen molar-refractivity contribution in [2.75, 3.05) is 0 Å². The fraction of sp³-hybridized carbons (Fsp3) is 0.306. The summed E-state index contributed by atoms with van der Waals surface area (Å²) in [5.74, 6) is -1.66. The van der Waals surface area contributed by atoms with Crippen molar-refractivity contribution in [1.82, 2.24) is 10.6 Å². The third-order valence-corrected chi connectivity index (χ3v) is 8.50. The molecule has 4 rings (SSSR count). The molecule has 5 N–H and O–H groups in total. The summed E-state index contributed by atoms with van der Waals surface area (Å²) < 4.78 is 15.7. The highest BCUT2D eigenvalue weighted by Gasteiger charge is 2.40. The van der Waals surface area contributed by atoms with Gasteiger partial charge in [0.1, 0.15) is 11.8 Å². The number of carbonyl (C=O) groups excluding carboxylic acids is 2. The van der Waals surface area contributed by atoms with Crippen molar-refractivity contribution in [1.29, 1.82) is 0 Å². The number of hydrogen-bond donors (Lipinski definition) is 5. The quantitative estimate of drug-likeness (QED) is 0.103. The number of carboxylic acids is 1. The summed E-state index contributed by atoms with van der Waals surface area (Å²) in [4.78, 5) is 58.3. The molecule has 0 bridgehead atoms. The van der Waals surface area contributed by atoms with Crippen LogP contribution in [0.5, 0.6) is 5.75 Å². The standard InChI is InChI=1S/C36H41N2O8P/c1-35(2,32(39)23-26-14-17-27-12-8-9-13-28(27)20-26)37-30(21-24-10-6-5-7-11-24)33(40)36(3,4)38-31(34(41)42)22-25-15-18-29(19-16-25)46-47(43,44)45/h5-20,30-31,37-38H,21-23H2,1-4H3,(H,41,42)(H2,43,44,45). The molecule has 0 fully saturated rings. The van der Waals surface area contributed by atoms with Crippen LogP contribution in [-0.2, 0) is 38.2 Å². The molecule has 11 heteroatoms. The fourth-order valence-corrected chi connectivity index (χ4v) is 5.93. The second-order valence-corrected chi connectivity index (χ2v) is 13.9. The van der Waals surface area contributed by atoms with E-state index in [9.17, 15) is 24.1 Å². The normalized spacial score (nSPS) is 13.6. The molecule has 4 aromatic carbocycles. The van der Waals surface area contributed by atoms with Crippen molar-refractivity contribution in [3.63, 3.8) is 0 Å². The van der Waals surface area contributed by atoms with Crippen LogP contribution in [0.4, 0.5) is 0 Å². The van der Waals surface area contributed by atoms with E-state index in [4.69, 9.17) is 9.79 Å². The van der Waals surface area contributed by atoms with Gasteiger partial charge in [-0.2, -0.15) is 0 Å². The second kappa shape index (κ2) is 14.7. The van der Waals surface area contributed by atoms with Crippen LogP contribution >= 0.6 is 7.82 Å².